The average Bonchev–Trinajstić information content (AvgIpc) is 3.27. The van der Waals surface area contributed by atoms with E-state index in [1.165, 1.54) is 18.4 Å². The molecule has 4 rings (SSSR count). The van der Waals surface area contributed by atoms with Crippen LogP contribution in [0.2, 0.25) is 0 Å². The van der Waals surface area contributed by atoms with Gasteiger partial charge in [0.2, 0.25) is 5.91 Å². The zero-order chi connectivity index (χ0) is 23.2. The lowest BCUT2D eigenvalue weighted by molar-refractivity contribution is -0.117. The van der Waals surface area contributed by atoms with Crippen molar-refractivity contribution in [3.8, 4) is 16.9 Å². The van der Waals surface area contributed by atoms with Crippen molar-refractivity contribution in [2.45, 2.75) is 0 Å². The minimum atomic E-state index is -0.461. The molecule has 0 spiro atoms. The maximum Gasteiger partial charge on any atom is 0.341 e. The lowest BCUT2D eigenvalue weighted by atomic mass is 10.0. The van der Waals surface area contributed by atoms with E-state index in [0.29, 0.717) is 10.6 Å². The molecule has 0 bridgehead atoms. The van der Waals surface area contributed by atoms with Crippen molar-refractivity contribution in [2.24, 2.45) is 0 Å². The minimum Gasteiger partial charge on any atom is -0.497 e. The number of piperazine rings is 1. The number of carbonyl (C=O) groups is 2. The van der Waals surface area contributed by atoms with E-state index in [4.69, 9.17) is 9.47 Å². The van der Waals surface area contributed by atoms with Crippen molar-refractivity contribution in [3.05, 3.63) is 65.5 Å². The van der Waals surface area contributed by atoms with Crippen LogP contribution in [-0.4, -0.2) is 63.7 Å². The number of hydrogen-bond donors (Lipinski definition) is 1. The molecule has 33 heavy (non-hydrogen) atoms. The monoisotopic (exact) mass is 465 g/mol. The molecule has 2 aromatic carbocycles. The van der Waals surface area contributed by atoms with Crippen LogP contribution in [0.15, 0.2) is 60.0 Å². The van der Waals surface area contributed by atoms with E-state index in [1.807, 2.05) is 53.9 Å². The van der Waals surface area contributed by atoms with Crippen LogP contribution in [0.25, 0.3) is 11.1 Å². The standard InChI is InChI=1S/C25H27N3O4S/c1-31-20-10-6-9-19(15-20)28-13-11-27(12-14-28)16-22(29)26-24-23(25(30)32-2)21(17-33-24)18-7-4-3-5-8-18/h3-10,15,17H,11-14,16H2,1-2H3,(H,26,29). The smallest absolute Gasteiger partial charge is 0.341 e. The maximum absolute atomic E-state index is 12.8. The lowest BCUT2D eigenvalue weighted by Gasteiger charge is -2.35. The van der Waals surface area contributed by atoms with Gasteiger partial charge in [-0.2, -0.15) is 0 Å². The molecule has 0 unspecified atom stereocenters. The highest BCUT2D eigenvalue weighted by molar-refractivity contribution is 7.15. The second-order valence-electron chi connectivity index (χ2n) is 7.72. The van der Waals surface area contributed by atoms with Gasteiger partial charge in [-0.15, -0.1) is 11.3 Å². The summed E-state index contributed by atoms with van der Waals surface area (Å²) < 4.78 is 10.3. The fourth-order valence-corrected chi connectivity index (χ4v) is 4.90. The van der Waals surface area contributed by atoms with Crippen molar-refractivity contribution in [3.63, 3.8) is 0 Å². The SMILES string of the molecule is COC(=O)c1c(-c2ccccc2)csc1NC(=O)CN1CCN(c2cccc(OC)c2)CC1. The van der Waals surface area contributed by atoms with Crippen molar-refractivity contribution >= 4 is 33.9 Å². The summed E-state index contributed by atoms with van der Waals surface area (Å²) in [4.78, 5) is 29.7. The second kappa shape index (κ2) is 10.5. The molecule has 1 N–H and O–H groups in total. The van der Waals surface area contributed by atoms with Crippen LogP contribution in [0.3, 0.4) is 0 Å². The number of hydrogen-bond acceptors (Lipinski definition) is 7. The van der Waals surface area contributed by atoms with E-state index in [0.717, 1.165) is 48.7 Å². The van der Waals surface area contributed by atoms with Crippen molar-refractivity contribution in [2.75, 3.05) is 57.2 Å². The Hall–Kier alpha value is -3.36. The minimum absolute atomic E-state index is 0.142. The molecular formula is C25H27N3O4S. The highest BCUT2D eigenvalue weighted by atomic mass is 32.1. The molecule has 7 nitrogen and oxygen atoms in total. The van der Waals surface area contributed by atoms with Gasteiger partial charge in [-0.3, -0.25) is 9.69 Å². The largest absolute Gasteiger partial charge is 0.497 e. The van der Waals surface area contributed by atoms with Gasteiger partial charge in [-0.1, -0.05) is 36.4 Å². The second-order valence-corrected chi connectivity index (χ2v) is 8.60. The number of esters is 1. The molecule has 1 saturated heterocycles. The fraction of sp³-hybridized carbons (Fsp3) is 0.280. The number of nitrogens with one attached hydrogen (secondary N) is 1. The van der Waals surface area contributed by atoms with E-state index >= 15 is 0 Å². The van der Waals surface area contributed by atoms with Crippen LogP contribution in [0.5, 0.6) is 5.75 Å². The van der Waals surface area contributed by atoms with Gasteiger partial charge in [0.05, 0.1) is 20.8 Å². The Balaban J connectivity index is 1.38. The van der Waals surface area contributed by atoms with Gasteiger partial charge >= 0.3 is 5.97 Å². The van der Waals surface area contributed by atoms with Gasteiger partial charge in [-0.05, 0) is 17.7 Å². The molecule has 1 aliphatic heterocycles. The fourth-order valence-electron chi connectivity index (χ4n) is 3.93. The number of ether oxygens (including phenoxy) is 2. The highest BCUT2D eigenvalue weighted by Gasteiger charge is 2.24. The van der Waals surface area contributed by atoms with Gasteiger partial charge in [0.15, 0.2) is 0 Å². The summed E-state index contributed by atoms with van der Waals surface area (Å²) in [6.45, 7) is 3.46. The number of nitrogens with zero attached hydrogens (tertiary/aromatic N) is 2. The van der Waals surface area contributed by atoms with Crippen LogP contribution in [0.4, 0.5) is 10.7 Å². The Labute approximate surface area is 197 Å². The molecule has 2 heterocycles. The number of thiophene rings is 1. The van der Waals surface area contributed by atoms with Crippen LogP contribution < -0.4 is 15.0 Å². The third-order valence-electron chi connectivity index (χ3n) is 5.68. The summed E-state index contributed by atoms with van der Waals surface area (Å²) in [7, 11) is 3.01. The van der Waals surface area contributed by atoms with Crippen LogP contribution in [-0.2, 0) is 9.53 Å². The molecule has 1 aliphatic rings. The van der Waals surface area contributed by atoms with Crippen LogP contribution >= 0.6 is 11.3 Å². The first-order valence-electron chi connectivity index (χ1n) is 10.8. The predicted molar refractivity (Wildman–Crippen MR) is 131 cm³/mol. The molecule has 0 atom stereocenters. The molecule has 1 aromatic heterocycles. The Kier molecular flexibility index (Phi) is 7.26. The van der Waals surface area contributed by atoms with Crippen LogP contribution in [0, 0.1) is 0 Å². The summed E-state index contributed by atoms with van der Waals surface area (Å²) in [6, 6.07) is 17.6. The zero-order valence-electron chi connectivity index (χ0n) is 18.7. The van der Waals surface area contributed by atoms with E-state index < -0.39 is 5.97 Å². The number of benzene rings is 2. The number of carbonyl (C=O) groups excluding carboxylic acids is 2. The van der Waals surface area contributed by atoms with Crippen molar-refractivity contribution in [1.82, 2.24) is 4.90 Å². The molecule has 1 fully saturated rings. The van der Waals surface area contributed by atoms with Crippen molar-refractivity contribution in [1.29, 1.82) is 0 Å². The molecule has 3 aromatic rings. The highest BCUT2D eigenvalue weighted by Crippen LogP contribution is 2.36. The topological polar surface area (TPSA) is 71.1 Å². The summed E-state index contributed by atoms with van der Waals surface area (Å²) in [5, 5.41) is 5.32. The molecule has 0 radical (unpaired) electrons. The molecule has 172 valence electrons. The summed E-state index contributed by atoms with van der Waals surface area (Å²) in [5.41, 5.74) is 3.18. The molecular weight excluding hydrogens is 438 g/mol. The molecule has 1 amide bonds. The zero-order valence-corrected chi connectivity index (χ0v) is 19.6. The van der Waals surface area contributed by atoms with Crippen LogP contribution in [0.1, 0.15) is 10.4 Å². The first-order valence-corrected chi connectivity index (χ1v) is 11.6. The van der Waals surface area contributed by atoms with Gasteiger partial charge in [0.1, 0.15) is 16.3 Å². The first-order chi connectivity index (χ1) is 16.1. The summed E-state index contributed by atoms with van der Waals surface area (Å²) >= 11 is 1.33. The third kappa shape index (κ3) is 5.35. The van der Waals surface area contributed by atoms with E-state index in [-0.39, 0.29) is 12.5 Å². The lowest BCUT2D eigenvalue weighted by Crippen LogP contribution is -2.48. The van der Waals surface area contributed by atoms with E-state index in [2.05, 4.69) is 21.2 Å². The Bertz CT molecular complexity index is 1110. The molecule has 8 heteroatoms. The first kappa shape index (κ1) is 22.8. The van der Waals surface area contributed by atoms with Gasteiger partial charge in [-0.25, -0.2) is 4.79 Å². The molecule has 0 saturated carbocycles. The maximum atomic E-state index is 12.8. The Morgan fingerprint density at radius 1 is 1.00 bits per heavy atom. The summed E-state index contributed by atoms with van der Waals surface area (Å²) in [6.07, 6.45) is 0. The number of rotatable bonds is 7. The van der Waals surface area contributed by atoms with Gasteiger partial charge < -0.3 is 19.7 Å². The van der Waals surface area contributed by atoms with Gasteiger partial charge in [0.25, 0.3) is 0 Å². The third-order valence-corrected chi connectivity index (χ3v) is 6.57. The molecule has 0 aliphatic carbocycles. The Morgan fingerprint density at radius 2 is 1.76 bits per heavy atom. The summed E-state index contributed by atoms with van der Waals surface area (Å²) in [5.74, 6) is 0.232. The predicted octanol–water partition coefficient (Wildman–Crippen LogP) is 3.97. The van der Waals surface area contributed by atoms with E-state index in [1.54, 1.807) is 7.11 Å². The quantitative estimate of drug-likeness (QED) is 0.533. The Morgan fingerprint density at radius 3 is 2.45 bits per heavy atom. The van der Waals surface area contributed by atoms with Gasteiger partial charge in [0, 0.05) is 48.9 Å². The normalized spacial score (nSPS) is 14.1. The number of anilines is 2. The average molecular weight is 466 g/mol. The number of methoxy groups -OCH3 is 2. The van der Waals surface area contributed by atoms with E-state index in [9.17, 15) is 9.59 Å². The van der Waals surface area contributed by atoms with Crippen molar-refractivity contribution < 1.29 is 19.1 Å². The number of amides is 1.